The summed E-state index contributed by atoms with van der Waals surface area (Å²) in [6.07, 6.45) is 2.46. The smallest absolute Gasteiger partial charge is 0.199 e. The molecule has 1 saturated heterocycles. The van der Waals surface area contributed by atoms with E-state index in [9.17, 15) is 0 Å². The number of rotatable bonds is 5. The second kappa shape index (κ2) is 6.92. The van der Waals surface area contributed by atoms with Gasteiger partial charge in [-0.1, -0.05) is 12.1 Å². The largest absolute Gasteiger partial charge is 0.300 e. The molecule has 24 heavy (non-hydrogen) atoms. The van der Waals surface area contributed by atoms with E-state index in [0.29, 0.717) is 6.04 Å². The standard InChI is InChI=1S/C17H20N4S3/c1-2-20-16(15-8-5-11-24-15)18-21(17(20)22)12-19-9-3-6-13(19)14-7-4-10-23-14/h4-5,7-8,10-11,13H,2-3,6,9,12H2,1H3/t13-/m0/s1. The van der Waals surface area contributed by atoms with E-state index in [2.05, 4.69) is 51.4 Å². The van der Waals surface area contributed by atoms with Gasteiger partial charge in [-0.05, 0) is 54.9 Å². The first-order valence-corrected chi connectivity index (χ1v) is 10.4. The van der Waals surface area contributed by atoms with E-state index >= 15 is 0 Å². The summed E-state index contributed by atoms with van der Waals surface area (Å²) in [6, 6.07) is 9.07. The van der Waals surface area contributed by atoms with Crippen LogP contribution in [0.25, 0.3) is 10.7 Å². The molecule has 7 heteroatoms. The van der Waals surface area contributed by atoms with Crippen LogP contribution in [-0.2, 0) is 13.2 Å². The molecule has 4 rings (SSSR count). The summed E-state index contributed by atoms with van der Waals surface area (Å²) in [5.41, 5.74) is 0. The zero-order valence-electron chi connectivity index (χ0n) is 13.6. The van der Waals surface area contributed by atoms with Crippen molar-refractivity contribution in [2.24, 2.45) is 0 Å². The van der Waals surface area contributed by atoms with Crippen molar-refractivity contribution in [1.29, 1.82) is 0 Å². The summed E-state index contributed by atoms with van der Waals surface area (Å²) >= 11 is 9.27. The first-order valence-electron chi connectivity index (χ1n) is 8.27. The van der Waals surface area contributed by atoms with E-state index < -0.39 is 0 Å². The van der Waals surface area contributed by atoms with Crippen LogP contribution in [0.2, 0.25) is 0 Å². The van der Waals surface area contributed by atoms with Crippen LogP contribution in [0.15, 0.2) is 35.0 Å². The molecular weight excluding hydrogens is 356 g/mol. The lowest BCUT2D eigenvalue weighted by Gasteiger charge is -2.23. The highest BCUT2D eigenvalue weighted by Crippen LogP contribution is 2.35. The minimum absolute atomic E-state index is 0.504. The minimum Gasteiger partial charge on any atom is -0.300 e. The molecule has 4 heterocycles. The summed E-state index contributed by atoms with van der Waals surface area (Å²) in [4.78, 5) is 5.14. The van der Waals surface area contributed by atoms with Gasteiger partial charge in [0.15, 0.2) is 10.6 Å². The Morgan fingerprint density at radius 2 is 2.08 bits per heavy atom. The van der Waals surface area contributed by atoms with Crippen LogP contribution in [0.4, 0.5) is 0 Å². The van der Waals surface area contributed by atoms with Gasteiger partial charge in [-0.3, -0.25) is 9.47 Å². The maximum Gasteiger partial charge on any atom is 0.199 e. The van der Waals surface area contributed by atoms with E-state index in [-0.39, 0.29) is 0 Å². The van der Waals surface area contributed by atoms with Gasteiger partial charge in [-0.25, -0.2) is 4.68 Å². The van der Waals surface area contributed by atoms with Crippen molar-refractivity contribution in [2.75, 3.05) is 6.54 Å². The van der Waals surface area contributed by atoms with Gasteiger partial charge in [-0.15, -0.1) is 27.8 Å². The van der Waals surface area contributed by atoms with Crippen LogP contribution in [0, 0.1) is 4.77 Å². The van der Waals surface area contributed by atoms with Crippen LogP contribution in [-0.4, -0.2) is 25.8 Å². The summed E-state index contributed by atoms with van der Waals surface area (Å²) in [5, 5.41) is 9.10. The van der Waals surface area contributed by atoms with Crippen molar-refractivity contribution >= 4 is 34.9 Å². The number of thiophene rings is 2. The van der Waals surface area contributed by atoms with Gasteiger partial charge in [0.25, 0.3) is 0 Å². The fourth-order valence-electron chi connectivity index (χ4n) is 3.38. The van der Waals surface area contributed by atoms with Crippen molar-refractivity contribution in [3.05, 3.63) is 44.7 Å². The Bertz CT molecular complexity index is 845. The van der Waals surface area contributed by atoms with Crippen molar-refractivity contribution in [2.45, 2.75) is 39.0 Å². The summed E-state index contributed by atoms with van der Waals surface area (Å²) in [5.74, 6) is 0.990. The predicted molar refractivity (Wildman–Crippen MR) is 103 cm³/mol. The molecule has 0 unspecified atom stereocenters. The number of hydrogen-bond acceptors (Lipinski definition) is 5. The molecule has 0 saturated carbocycles. The van der Waals surface area contributed by atoms with Gasteiger partial charge in [0.1, 0.15) is 0 Å². The Morgan fingerprint density at radius 3 is 2.79 bits per heavy atom. The van der Waals surface area contributed by atoms with Crippen LogP contribution in [0.1, 0.15) is 30.7 Å². The molecule has 4 nitrogen and oxygen atoms in total. The molecule has 0 spiro atoms. The SMILES string of the molecule is CCn1c(-c2cccs2)nn(CN2CCC[C@H]2c2cccs2)c1=S. The van der Waals surface area contributed by atoms with Crippen molar-refractivity contribution in [3.63, 3.8) is 0 Å². The first kappa shape index (κ1) is 16.2. The second-order valence-electron chi connectivity index (χ2n) is 5.95. The van der Waals surface area contributed by atoms with E-state index in [1.54, 1.807) is 11.3 Å². The molecule has 3 aromatic rings. The highest BCUT2D eigenvalue weighted by atomic mass is 32.1. The van der Waals surface area contributed by atoms with E-state index in [1.165, 1.54) is 22.6 Å². The van der Waals surface area contributed by atoms with Gasteiger partial charge in [0, 0.05) is 24.0 Å². The third-order valence-corrected chi connectivity index (χ3v) is 6.80. The second-order valence-corrected chi connectivity index (χ2v) is 8.25. The minimum atomic E-state index is 0.504. The fraction of sp³-hybridized carbons (Fsp3) is 0.412. The molecule has 1 atom stereocenters. The van der Waals surface area contributed by atoms with E-state index in [0.717, 1.165) is 30.4 Å². The average Bonchev–Trinajstić information content (AvgIpc) is 3.36. The topological polar surface area (TPSA) is 26.0 Å². The Hall–Kier alpha value is -1.28. The van der Waals surface area contributed by atoms with E-state index in [1.807, 2.05) is 16.0 Å². The number of likely N-dealkylation sites (tertiary alicyclic amines) is 1. The lowest BCUT2D eigenvalue weighted by atomic mass is 10.2. The number of nitrogens with zero attached hydrogens (tertiary/aromatic N) is 4. The van der Waals surface area contributed by atoms with Crippen LogP contribution in [0.5, 0.6) is 0 Å². The molecule has 1 aliphatic heterocycles. The zero-order chi connectivity index (χ0) is 16.5. The molecule has 0 aromatic carbocycles. The maximum absolute atomic E-state index is 5.70. The zero-order valence-corrected chi connectivity index (χ0v) is 16.0. The summed E-state index contributed by atoms with van der Waals surface area (Å²) in [6.45, 7) is 4.86. The highest BCUT2D eigenvalue weighted by Gasteiger charge is 2.27. The molecular formula is C17H20N4S3. The molecule has 0 radical (unpaired) electrons. The van der Waals surface area contributed by atoms with Crippen LogP contribution < -0.4 is 0 Å². The average molecular weight is 377 g/mol. The van der Waals surface area contributed by atoms with Crippen molar-refractivity contribution in [1.82, 2.24) is 19.2 Å². The van der Waals surface area contributed by atoms with Gasteiger partial charge in [-0.2, -0.15) is 0 Å². The Labute approximate surface area is 155 Å². The van der Waals surface area contributed by atoms with Crippen LogP contribution >= 0.6 is 34.9 Å². The molecule has 0 bridgehead atoms. The number of aromatic nitrogens is 3. The van der Waals surface area contributed by atoms with Crippen LogP contribution in [0.3, 0.4) is 0 Å². The Morgan fingerprint density at radius 1 is 1.25 bits per heavy atom. The third kappa shape index (κ3) is 2.90. The summed E-state index contributed by atoms with van der Waals surface area (Å²) < 4.78 is 4.95. The van der Waals surface area contributed by atoms with Gasteiger partial charge in [0.2, 0.25) is 0 Å². The fourth-order valence-corrected chi connectivity index (χ4v) is 5.30. The van der Waals surface area contributed by atoms with Crippen molar-refractivity contribution in [3.8, 4) is 10.7 Å². The molecule has 0 amide bonds. The maximum atomic E-state index is 5.70. The lowest BCUT2D eigenvalue weighted by molar-refractivity contribution is 0.192. The normalized spacial score (nSPS) is 18.5. The number of hydrogen-bond donors (Lipinski definition) is 0. The quantitative estimate of drug-likeness (QED) is 0.585. The molecule has 0 aliphatic carbocycles. The van der Waals surface area contributed by atoms with Gasteiger partial charge >= 0.3 is 0 Å². The Kier molecular flexibility index (Phi) is 4.67. The van der Waals surface area contributed by atoms with Gasteiger partial charge in [0.05, 0.1) is 11.5 Å². The lowest BCUT2D eigenvalue weighted by Crippen LogP contribution is -2.26. The first-order chi connectivity index (χ1) is 11.8. The summed E-state index contributed by atoms with van der Waals surface area (Å²) in [7, 11) is 0. The molecule has 3 aromatic heterocycles. The van der Waals surface area contributed by atoms with Crippen molar-refractivity contribution < 1.29 is 0 Å². The van der Waals surface area contributed by atoms with Gasteiger partial charge < -0.3 is 0 Å². The highest BCUT2D eigenvalue weighted by molar-refractivity contribution is 7.71. The molecule has 126 valence electrons. The predicted octanol–water partition coefficient (Wildman–Crippen LogP) is 5.02. The van der Waals surface area contributed by atoms with E-state index in [4.69, 9.17) is 17.3 Å². The Balaban J connectivity index is 1.64. The monoisotopic (exact) mass is 376 g/mol. The molecule has 1 fully saturated rings. The third-order valence-electron chi connectivity index (χ3n) is 4.53. The molecule has 1 aliphatic rings. The molecule has 0 N–H and O–H groups in total.